The van der Waals surface area contributed by atoms with Crippen LogP contribution in [0.1, 0.15) is 0 Å². The molecule has 0 unspecified atom stereocenters. The summed E-state index contributed by atoms with van der Waals surface area (Å²) in [6, 6.07) is 5.65. The van der Waals surface area contributed by atoms with Gasteiger partial charge in [0.25, 0.3) is 0 Å². The maximum atomic E-state index is 11.8. The molecule has 1 aromatic carbocycles. The Balaban J connectivity index is 2.80. The lowest BCUT2D eigenvalue weighted by molar-refractivity contribution is 0.284. The Labute approximate surface area is 110 Å². The second kappa shape index (κ2) is 5.85. The summed E-state index contributed by atoms with van der Waals surface area (Å²) in [6.07, 6.45) is 0. The summed E-state index contributed by atoms with van der Waals surface area (Å²) >= 11 is 5.33. The van der Waals surface area contributed by atoms with Crippen LogP contribution in [-0.2, 0) is 24.4 Å². The topological polar surface area (TPSA) is 110 Å². The van der Waals surface area contributed by atoms with Crippen molar-refractivity contribution in [1.82, 2.24) is 0 Å². The summed E-state index contributed by atoms with van der Waals surface area (Å²) in [5.41, 5.74) is 0.383. The van der Waals surface area contributed by atoms with Gasteiger partial charge in [-0.3, -0.25) is 9.39 Å². The quantitative estimate of drug-likeness (QED) is 0.591. The SMILES string of the molecule is O=S(=O)(O)OCCS(=O)(=O)c1cccc(NCl)c1. The Kier molecular flexibility index (Phi) is 4.93. The number of halogens is 1. The fraction of sp³-hybridized carbons (Fsp3) is 0.250. The van der Waals surface area contributed by atoms with Gasteiger partial charge >= 0.3 is 10.4 Å². The van der Waals surface area contributed by atoms with Crippen molar-refractivity contribution in [2.24, 2.45) is 0 Å². The van der Waals surface area contributed by atoms with Crippen molar-refractivity contribution in [3.8, 4) is 0 Å². The third kappa shape index (κ3) is 4.78. The van der Waals surface area contributed by atoms with Gasteiger partial charge in [0, 0.05) is 11.8 Å². The Bertz CT molecular complexity index is 612. The van der Waals surface area contributed by atoms with Gasteiger partial charge in [-0.25, -0.2) is 12.6 Å². The average Bonchev–Trinajstić information content (AvgIpc) is 2.27. The maximum Gasteiger partial charge on any atom is 0.397 e. The van der Waals surface area contributed by atoms with Crippen molar-refractivity contribution in [1.29, 1.82) is 0 Å². The van der Waals surface area contributed by atoms with Gasteiger partial charge in [0.1, 0.15) is 0 Å². The van der Waals surface area contributed by atoms with Gasteiger partial charge in [0.2, 0.25) is 0 Å². The van der Waals surface area contributed by atoms with Crippen molar-refractivity contribution in [3.05, 3.63) is 24.3 Å². The molecule has 1 rings (SSSR count). The minimum absolute atomic E-state index is 0.0351. The second-order valence-corrected chi connectivity index (χ2v) is 6.58. The van der Waals surface area contributed by atoms with Crippen LogP contribution in [0.25, 0.3) is 0 Å². The van der Waals surface area contributed by atoms with Crippen LogP contribution in [0.3, 0.4) is 0 Å². The van der Waals surface area contributed by atoms with Gasteiger partial charge in [-0.1, -0.05) is 6.07 Å². The third-order valence-corrected chi connectivity index (χ3v) is 4.25. The lowest BCUT2D eigenvalue weighted by atomic mass is 10.3. The number of sulfone groups is 1. The molecule has 2 N–H and O–H groups in total. The van der Waals surface area contributed by atoms with Crippen LogP contribution in [0.2, 0.25) is 0 Å². The van der Waals surface area contributed by atoms with E-state index in [1.807, 2.05) is 0 Å². The summed E-state index contributed by atoms with van der Waals surface area (Å²) in [5, 5.41) is 0. The van der Waals surface area contributed by atoms with Gasteiger partial charge in [-0.05, 0) is 18.2 Å². The van der Waals surface area contributed by atoms with Crippen molar-refractivity contribution < 1.29 is 25.6 Å². The van der Waals surface area contributed by atoms with Crippen LogP contribution < -0.4 is 4.84 Å². The number of hydrogen-bond acceptors (Lipinski definition) is 6. The van der Waals surface area contributed by atoms with Crippen LogP contribution in [0.4, 0.5) is 5.69 Å². The zero-order valence-electron chi connectivity index (χ0n) is 8.91. The summed E-state index contributed by atoms with van der Waals surface area (Å²) < 4.78 is 56.3. The molecule has 7 nitrogen and oxygen atoms in total. The zero-order valence-corrected chi connectivity index (χ0v) is 11.3. The van der Waals surface area contributed by atoms with Crippen LogP contribution in [0, 0.1) is 0 Å². The van der Waals surface area contributed by atoms with Crippen molar-refractivity contribution in [3.63, 3.8) is 0 Å². The Morgan fingerprint density at radius 2 is 1.94 bits per heavy atom. The summed E-state index contributed by atoms with van der Waals surface area (Å²) in [4.78, 5) is 2.23. The van der Waals surface area contributed by atoms with E-state index in [2.05, 4.69) is 9.02 Å². The van der Waals surface area contributed by atoms with E-state index in [1.165, 1.54) is 18.2 Å². The van der Waals surface area contributed by atoms with E-state index < -0.39 is 32.6 Å². The van der Waals surface area contributed by atoms with Crippen molar-refractivity contribution in [2.45, 2.75) is 4.90 Å². The minimum atomic E-state index is -4.64. The highest BCUT2D eigenvalue weighted by Crippen LogP contribution is 2.17. The molecule has 0 spiro atoms. The van der Waals surface area contributed by atoms with Gasteiger partial charge in [0.05, 0.1) is 22.9 Å². The predicted molar refractivity (Wildman–Crippen MR) is 65.5 cm³/mol. The molecule has 0 saturated heterocycles. The fourth-order valence-electron chi connectivity index (χ4n) is 1.12. The molecule has 0 aliphatic rings. The van der Waals surface area contributed by atoms with Gasteiger partial charge < -0.3 is 0 Å². The predicted octanol–water partition coefficient (Wildman–Crippen LogP) is 0.845. The minimum Gasteiger partial charge on any atom is -0.298 e. The first-order valence-corrected chi connectivity index (χ1v) is 7.95. The summed E-state index contributed by atoms with van der Waals surface area (Å²) in [5.74, 6) is -0.585. The molecule has 0 saturated carbocycles. The molecule has 1 aromatic rings. The van der Waals surface area contributed by atoms with E-state index in [4.69, 9.17) is 16.3 Å². The lowest BCUT2D eigenvalue weighted by Gasteiger charge is -2.05. The number of rotatable bonds is 6. The zero-order chi connectivity index (χ0) is 13.8. The molecule has 0 fully saturated rings. The first-order chi connectivity index (χ1) is 8.24. The standard InChI is InChI=1S/C8H10ClNO6S2/c9-10-7-2-1-3-8(6-7)17(11,12)5-4-16-18(13,14)15/h1-3,6,10H,4-5H2,(H,13,14,15). The molecule has 0 heterocycles. The van der Waals surface area contributed by atoms with Crippen LogP contribution in [-0.4, -0.2) is 33.7 Å². The van der Waals surface area contributed by atoms with Gasteiger partial charge in [-0.15, -0.1) is 0 Å². The van der Waals surface area contributed by atoms with Gasteiger partial charge in [0.15, 0.2) is 9.84 Å². The highest BCUT2D eigenvalue weighted by Gasteiger charge is 2.16. The number of benzene rings is 1. The molecule has 102 valence electrons. The number of hydrogen-bond donors (Lipinski definition) is 2. The molecule has 0 amide bonds. The number of anilines is 1. The molecule has 0 aliphatic heterocycles. The van der Waals surface area contributed by atoms with E-state index in [-0.39, 0.29) is 4.90 Å². The molecule has 18 heavy (non-hydrogen) atoms. The summed E-state index contributed by atoms with van der Waals surface area (Å²) in [6.45, 7) is -0.667. The number of nitrogens with one attached hydrogen (secondary N) is 1. The Morgan fingerprint density at radius 3 is 2.50 bits per heavy atom. The van der Waals surface area contributed by atoms with E-state index >= 15 is 0 Å². The highest BCUT2D eigenvalue weighted by molar-refractivity contribution is 7.91. The Hall–Kier alpha value is -0.870. The van der Waals surface area contributed by atoms with E-state index in [0.717, 1.165) is 0 Å². The second-order valence-electron chi connectivity index (χ2n) is 3.19. The molecular weight excluding hydrogens is 306 g/mol. The first-order valence-electron chi connectivity index (χ1n) is 4.56. The monoisotopic (exact) mass is 315 g/mol. The molecular formula is C8H10ClNO6S2. The normalized spacial score (nSPS) is 12.3. The van der Waals surface area contributed by atoms with E-state index in [1.54, 1.807) is 6.07 Å². The van der Waals surface area contributed by atoms with Crippen molar-refractivity contribution >= 4 is 37.7 Å². The third-order valence-electron chi connectivity index (χ3n) is 1.89. The fourth-order valence-corrected chi connectivity index (χ4v) is 2.76. The lowest BCUT2D eigenvalue weighted by Crippen LogP contribution is -2.15. The van der Waals surface area contributed by atoms with Gasteiger partial charge in [-0.2, -0.15) is 8.42 Å². The van der Waals surface area contributed by atoms with Crippen LogP contribution in [0.15, 0.2) is 29.2 Å². The van der Waals surface area contributed by atoms with E-state index in [9.17, 15) is 16.8 Å². The molecule has 0 radical (unpaired) electrons. The summed E-state index contributed by atoms with van der Waals surface area (Å²) in [7, 11) is -8.35. The molecule has 0 aromatic heterocycles. The smallest absolute Gasteiger partial charge is 0.298 e. The van der Waals surface area contributed by atoms with Crippen molar-refractivity contribution in [2.75, 3.05) is 17.2 Å². The van der Waals surface area contributed by atoms with Crippen LogP contribution in [0.5, 0.6) is 0 Å². The molecule has 0 atom stereocenters. The maximum absolute atomic E-state index is 11.8. The average molecular weight is 316 g/mol. The molecule has 0 aliphatic carbocycles. The van der Waals surface area contributed by atoms with E-state index in [0.29, 0.717) is 5.69 Å². The molecule has 10 heteroatoms. The molecule has 0 bridgehead atoms. The van der Waals surface area contributed by atoms with Crippen LogP contribution >= 0.6 is 11.8 Å². The highest BCUT2D eigenvalue weighted by atomic mass is 35.5. The first kappa shape index (κ1) is 15.2. The largest absolute Gasteiger partial charge is 0.397 e. The Morgan fingerprint density at radius 1 is 1.28 bits per heavy atom.